The van der Waals surface area contributed by atoms with Gasteiger partial charge >= 0.3 is 0 Å². The van der Waals surface area contributed by atoms with E-state index in [0.717, 1.165) is 12.1 Å². The van der Waals surface area contributed by atoms with E-state index < -0.39 is 0 Å². The van der Waals surface area contributed by atoms with Crippen molar-refractivity contribution in [2.24, 2.45) is 5.92 Å². The van der Waals surface area contributed by atoms with Gasteiger partial charge in [-0.2, -0.15) is 0 Å². The molecule has 0 spiro atoms. The van der Waals surface area contributed by atoms with Crippen molar-refractivity contribution < 1.29 is 4.39 Å². The van der Waals surface area contributed by atoms with Crippen molar-refractivity contribution in [2.75, 3.05) is 6.54 Å². The third-order valence-electron chi connectivity index (χ3n) is 2.68. The lowest BCUT2D eigenvalue weighted by Gasteiger charge is -2.12. The molecule has 1 N–H and O–H groups in total. The first kappa shape index (κ1) is 12.1. The van der Waals surface area contributed by atoms with Gasteiger partial charge in [0, 0.05) is 12.7 Å². The summed E-state index contributed by atoms with van der Waals surface area (Å²) in [5, 5.41) is 3.32. The molecular weight excluding hydrogens is 191 g/mol. The van der Waals surface area contributed by atoms with Crippen molar-refractivity contribution in [2.45, 2.75) is 33.2 Å². The summed E-state index contributed by atoms with van der Waals surface area (Å²) in [6.07, 6.45) is 5.29. The van der Waals surface area contributed by atoms with E-state index in [-0.39, 0.29) is 5.82 Å². The highest BCUT2D eigenvalue weighted by molar-refractivity contribution is 5.09. The van der Waals surface area contributed by atoms with E-state index in [0.29, 0.717) is 12.5 Å². The van der Waals surface area contributed by atoms with E-state index in [9.17, 15) is 4.39 Å². The molecule has 0 aliphatic heterocycles. The molecule has 0 fully saturated rings. The Morgan fingerprint density at radius 2 is 2.07 bits per heavy atom. The minimum atomic E-state index is -0.267. The maximum Gasteiger partial charge on any atom is 0.141 e. The van der Waals surface area contributed by atoms with Gasteiger partial charge < -0.3 is 5.32 Å². The Morgan fingerprint density at radius 1 is 1.33 bits per heavy atom. The lowest BCUT2D eigenvalue weighted by Crippen LogP contribution is -2.21. The number of aromatic nitrogens is 1. The quantitative estimate of drug-likeness (QED) is 0.781. The fraction of sp³-hybridized carbons (Fsp3) is 0.583. The standard InChI is InChI=1S/C12H19FN2/c1-3-10(4-2)6-14-7-11-5-12(13)9-15-8-11/h5,8-10,14H,3-4,6-7H2,1-2H3. The van der Waals surface area contributed by atoms with Crippen molar-refractivity contribution in [1.29, 1.82) is 0 Å². The summed E-state index contributed by atoms with van der Waals surface area (Å²) in [5.41, 5.74) is 0.904. The van der Waals surface area contributed by atoms with E-state index in [1.54, 1.807) is 6.20 Å². The highest BCUT2D eigenvalue weighted by Gasteiger charge is 2.02. The predicted octanol–water partition coefficient (Wildman–Crippen LogP) is 2.75. The van der Waals surface area contributed by atoms with Gasteiger partial charge in [-0.05, 0) is 24.1 Å². The second-order valence-corrected chi connectivity index (χ2v) is 3.82. The van der Waals surface area contributed by atoms with Gasteiger partial charge in [-0.15, -0.1) is 0 Å². The number of rotatable bonds is 6. The SMILES string of the molecule is CCC(CC)CNCc1cncc(F)c1. The van der Waals surface area contributed by atoms with E-state index >= 15 is 0 Å². The monoisotopic (exact) mass is 210 g/mol. The Labute approximate surface area is 90.9 Å². The van der Waals surface area contributed by atoms with Crippen LogP contribution in [0.5, 0.6) is 0 Å². The Bertz CT molecular complexity index is 285. The van der Waals surface area contributed by atoms with E-state index in [4.69, 9.17) is 0 Å². The Balaban J connectivity index is 2.31. The zero-order chi connectivity index (χ0) is 11.1. The van der Waals surface area contributed by atoms with Gasteiger partial charge in [0.05, 0.1) is 6.20 Å². The fourth-order valence-corrected chi connectivity index (χ4v) is 1.55. The molecule has 0 saturated carbocycles. The van der Waals surface area contributed by atoms with Crippen LogP contribution < -0.4 is 5.32 Å². The Kier molecular flexibility index (Phi) is 5.26. The molecule has 0 bridgehead atoms. The zero-order valence-electron chi connectivity index (χ0n) is 9.46. The lowest BCUT2D eigenvalue weighted by molar-refractivity contribution is 0.449. The average Bonchev–Trinajstić information content (AvgIpc) is 2.25. The van der Waals surface area contributed by atoms with Crippen LogP contribution in [0.4, 0.5) is 4.39 Å². The van der Waals surface area contributed by atoms with Crippen LogP contribution in [0, 0.1) is 11.7 Å². The van der Waals surface area contributed by atoms with Crippen LogP contribution in [0.3, 0.4) is 0 Å². The summed E-state index contributed by atoms with van der Waals surface area (Å²) < 4.78 is 12.8. The first-order chi connectivity index (χ1) is 7.26. The van der Waals surface area contributed by atoms with Crippen molar-refractivity contribution in [3.05, 3.63) is 29.8 Å². The van der Waals surface area contributed by atoms with Gasteiger partial charge in [0.25, 0.3) is 0 Å². The van der Waals surface area contributed by atoms with E-state index in [1.807, 2.05) is 0 Å². The maximum absolute atomic E-state index is 12.8. The van der Waals surface area contributed by atoms with E-state index in [2.05, 4.69) is 24.1 Å². The summed E-state index contributed by atoms with van der Waals surface area (Å²) >= 11 is 0. The normalized spacial score (nSPS) is 10.9. The number of halogens is 1. The topological polar surface area (TPSA) is 24.9 Å². The molecule has 0 radical (unpaired) electrons. The molecule has 15 heavy (non-hydrogen) atoms. The number of hydrogen-bond acceptors (Lipinski definition) is 2. The van der Waals surface area contributed by atoms with E-state index in [1.165, 1.54) is 25.1 Å². The lowest BCUT2D eigenvalue weighted by atomic mass is 10.0. The molecule has 0 saturated heterocycles. The first-order valence-corrected chi connectivity index (χ1v) is 5.56. The number of pyridine rings is 1. The molecule has 0 unspecified atom stereocenters. The molecule has 0 aliphatic rings. The van der Waals surface area contributed by atoms with Gasteiger partial charge in [-0.25, -0.2) is 4.39 Å². The fourth-order valence-electron chi connectivity index (χ4n) is 1.55. The molecule has 1 heterocycles. The molecule has 3 heteroatoms. The maximum atomic E-state index is 12.8. The molecule has 0 aromatic carbocycles. The molecular formula is C12H19FN2. The van der Waals surface area contributed by atoms with Gasteiger partial charge in [-0.1, -0.05) is 26.7 Å². The third kappa shape index (κ3) is 4.38. The summed E-state index contributed by atoms with van der Waals surface area (Å²) in [6, 6.07) is 1.52. The predicted molar refractivity (Wildman–Crippen MR) is 60.0 cm³/mol. The highest BCUT2D eigenvalue weighted by atomic mass is 19.1. The molecule has 0 atom stereocenters. The van der Waals surface area contributed by atoms with Crippen LogP contribution in [-0.4, -0.2) is 11.5 Å². The molecule has 1 rings (SSSR count). The number of hydrogen-bond donors (Lipinski definition) is 1. The zero-order valence-corrected chi connectivity index (χ0v) is 9.46. The molecule has 1 aromatic heterocycles. The van der Waals surface area contributed by atoms with Crippen LogP contribution in [0.15, 0.2) is 18.5 Å². The van der Waals surface area contributed by atoms with Crippen LogP contribution in [0.2, 0.25) is 0 Å². The number of nitrogens with one attached hydrogen (secondary N) is 1. The van der Waals surface area contributed by atoms with Crippen molar-refractivity contribution in [3.63, 3.8) is 0 Å². The van der Waals surface area contributed by atoms with Crippen LogP contribution in [-0.2, 0) is 6.54 Å². The van der Waals surface area contributed by atoms with Gasteiger partial charge in [0.15, 0.2) is 0 Å². The average molecular weight is 210 g/mol. The Morgan fingerprint density at radius 3 is 2.67 bits per heavy atom. The number of nitrogens with zero attached hydrogens (tertiary/aromatic N) is 1. The summed E-state index contributed by atoms with van der Waals surface area (Å²) in [7, 11) is 0. The molecule has 1 aromatic rings. The molecule has 0 amide bonds. The van der Waals surface area contributed by atoms with Gasteiger partial charge in [0.1, 0.15) is 5.82 Å². The minimum Gasteiger partial charge on any atom is -0.312 e. The first-order valence-electron chi connectivity index (χ1n) is 5.56. The van der Waals surface area contributed by atoms with Crippen LogP contribution in [0.25, 0.3) is 0 Å². The van der Waals surface area contributed by atoms with Crippen molar-refractivity contribution in [1.82, 2.24) is 10.3 Å². The largest absolute Gasteiger partial charge is 0.312 e. The van der Waals surface area contributed by atoms with Crippen LogP contribution >= 0.6 is 0 Å². The minimum absolute atomic E-state index is 0.267. The summed E-state index contributed by atoms with van der Waals surface area (Å²) in [4.78, 5) is 3.81. The third-order valence-corrected chi connectivity index (χ3v) is 2.68. The second-order valence-electron chi connectivity index (χ2n) is 3.82. The second kappa shape index (κ2) is 6.51. The van der Waals surface area contributed by atoms with Gasteiger partial charge in [0.2, 0.25) is 0 Å². The summed E-state index contributed by atoms with van der Waals surface area (Å²) in [5.74, 6) is 0.448. The molecule has 84 valence electrons. The van der Waals surface area contributed by atoms with Gasteiger partial charge in [-0.3, -0.25) is 4.98 Å². The smallest absolute Gasteiger partial charge is 0.141 e. The highest BCUT2D eigenvalue weighted by Crippen LogP contribution is 2.06. The van der Waals surface area contributed by atoms with Crippen molar-refractivity contribution in [3.8, 4) is 0 Å². The van der Waals surface area contributed by atoms with Crippen molar-refractivity contribution >= 4 is 0 Å². The van der Waals surface area contributed by atoms with Crippen LogP contribution in [0.1, 0.15) is 32.3 Å². The molecule has 0 aliphatic carbocycles. The Hall–Kier alpha value is -0.960. The summed E-state index contributed by atoms with van der Waals surface area (Å²) in [6.45, 7) is 6.07. The molecule has 2 nitrogen and oxygen atoms in total.